The van der Waals surface area contributed by atoms with Crippen LogP contribution in [-0.4, -0.2) is 7.11 Å². The van der Waals surface area contributed by atoms with E-state index in [0.29, 0.717) is 0 Å². The molecule has 0 aliphatic carbocycles. The molecule has 22 heavy (non-hydrogen) atoms. The molecule has 108 valence electrons. The summed E-state index contributed by atoms with van der Waals surface area (Å²) in [5.74, 6) is 0.797. The van der Waals surface area contributed by atoms with Gasteiger partial charge < -0.3 is 4.74 Å². The van der Waals surface area contributed by atoms with Gasteiger partial charge in [0.05, 0.1) is 12.1 Å². The van der Waals surface area contributed by atoms with Crippen LogP contribution in [0, 0.1) is 0 Å². The van der Waals surface area contributed by atoms with Crippen LogP contribution < -0.4 is 4.74 Å². The maximum Gasteiger partial charge on any atom is 0.121 e. The molecule has 4 rings (SSSR count). The van der Waals surface area contributed by atoms with Crippen molar-refractivity contribution in [2.75, 3.05) is 7.11 Å². The minimum Gasteiger partial charge on any atom is -0.497 e. The molecule has 0 spiro atoms. The molecule has 0 atom stereocenters. The number of halogens is 1. The van der Waals surface area contributed by atoms with Crippen molar-refractivity contribution in [3.63, 3.8) is 0 Å². The lowest BCUT2D eigenvalue weighted by Crippen LogP contribution is -1.83. The van der Waals surface area contributed by atoms with E-state index in [2.05, 4.69) is 48.5 Å². The minimum absolute atomic E-state index is 0.740. The SMILES string of the molecule is COc1cc(Cl)c2c(c1)sc1cccc(-c3ccccc3)c12. The predicted molar refractivity (Wildman–Crippen MR) is 96.3 cm³/mol. The van der Waals surface area contributed by atoms with Crippen molar-refractivity contribution < 1.29 is 4.74 Å². The van der Waals surface area contributed by atoms with E-state index >= 15 is 0 Å². The molecular weight excluding hydrogens is 312 g/mol. The summed E-state index contributed by atoms with van der Waals surface area (Å²) >= 11 is 8.30. The van der Waals surface area contributed by atoms with Crippen molar-refractivity contribution >= 4 is 43.1 Å². The fraction of sp³-hybridized carbons (Fsp3) is 0.0526. The molecule has 0 saturated carbocycles. The van der Waals surface area contributed by atoms with Crippen molar-refractivity contribution in [1.29, 1.82) is 0 Å². The molecule has 1 aromatic heterocycles. The maximum atomic E-state index is 6.55. The number of benzene rings is 3. The molecule has 0 bridgehead atoms. The second-order valence-electron chi connectivity index (χ2n) is 5.13. The highest BCUT2D eigenvalue weighted by Gasteiger charge is 2.14. The number of hydrogen-bond donors (Lipinski definition) is 0. The number of methoxy groups -OCH3 is 1. The lowest BCUT2D eigenvalue weighted by Gasteiger charge is -2.06. The van der Waals surface area contributed by atoms with Crippen LogP contribution in [-0.2, 0) is 0 Å². The van der Waals surface area contributed by atoms with E-state index in [9.17, 15) is 0 Å². The predicted octanol–water partition coefficient (Wildman–Crippen LogP) is 6.38. The standard InChI is InChI=1S/C19H13ClOS/c1-21-13-10-15(20)19-17(11-13)22-16-9-5-8-14(18(16)19)12-6-3-2-4-7-12/h2-11H,1H3. The van der Waals surface area contributed by atoms with E-state index in [4.69, 9.17) is 16.3 Å². The number of ether oxygens (including phenoxy) is 1. The second kappa shape index (κ2) is 5.31. The van der Waals surface area contributed by atoms with Crippen LogP contribution in [0.5, 0.6) is 5.75 Å². The zero-order valence-electron chi connectivity index (χ0n) is 12.0. The van der Waals surface area contributed by atoms with Gasteiger partial charge in [-0.25, -0.2) is 0 Å². The number of thiophene rings is 1. The van der Waals surface area contributed by atoms with E-state index in [1.54, 1.807) is 18.4 Å². The van der Waals surface area contributed by atoms with Gasteiger partial charge >= 0.3 is 0 Å². The highest BCUT2D eigenvalue weighted by Crippen LogP contribution is 2.44. The van der Waals surface area contributed by atoms with Crippen LogP contribution in [0.2, 0.25) is 5.02 Å². The Hall–Kier alpha value is -2.03. The van der Waals surface area contributed by atoms with Crippen LogP contribution in [0.3, 0.4) is 0 Å². The normalized spacial score (nSPS) is 11.2. The molecule has 0 aliphatic rings. The van der Waals surface area contributed by atoms with Gasteiger partial charge in [-0.05, 0) is 29.3 Å². The summed E-state index contributed by atoms with van der Waals surface area (Å²) < 4.78 is 7.73. The molecule has 1 heterocycles. The molecule has 0 N–H and O–H groups in total. The summed E-state index contributed by atoms with van der Waals surface area (Å²) in [5.41, 5.74) is 2.43. The number of fused-ring (bicyclic) bond motifs is 3. The van der Waals surface area contributed by atoms with Crippen LogP contribution in [0.25, 0.3) is 31.3 Å². The zero-order valence-corrected chi connectivity index (χ0v) is 13.5. The topological polar surface area (TPSA) is 9.23 Å². The fourth-order valence-corrected chi connectivity index (χ4v) is 4.40. The van der Waals surface area contributed by atoms with E-state index in [1.807, 2.05) is 12.1 Å². The smallest absolute Gasteiger partial charge is 0.121 e. The average molecular weight is 325 g/mol. The quantitative estimate of drug-likeness (QED) is 0.415. The Morgan fingerprint density at radius 3 is 2.45 bits per heavy atom. The van der Waals surface area contributed by atoms with Gasteiger partial charge in [-0.3, -0.25) is 0 Å². The van der Waals surface area contributed by atoms with Gasteiger partial charge in [0.2, 0.25) is 0 Å². The molecule has 1 nitrogen and oxygen atoms in total. The Balaban J connectivity index is 2.14. The Labute approximate surface area is 137 Å². The van der Waals surface area contributed by atoms with Crippen molar-refractivity contribution in [2.24, 2.45) is 0 Å². The van der Waals surface area contributed by atoms with Gasteiger partial charge in [0.15, 0.2) is 0 Å². The Bertz CT molecular complexity index is 973. The van der Waals surface area contributed by atoms with E-state index in [1.165, 1.54) is 21.2 Å². The first-order valence-corrected chi connectivity index (χ1v) is 8.21. The van der Waals surface area contributed by atoms with Gasteiger partial charge in [0.25, 0.3) is 0 Å². The molecule has 0 saturated heterocycles. The largest absolute Gasteiger partial charge is 0.497 e. The minimum atomic E-state index is 0.740. The van der Waals surface area contributed by atoms with Crippen molar-refractivity contribution in [2.45, 2.75) is 0 Å². The van der Waals surface area contributed by atoms with Gasteiger partial charge in [-0.1, -0.05) is 54.1 Å². The van der Waals surface area contributed by atoms with E-state index in [0.717, 1.165) is 20.9 Å². The van der Waals surface area contributed by atoms with Crippen LogP contribution in [0.4, 0.5) is 0 Å². The summed E-state index contributed by atoms with van der Waals surface area (Å²) in [5, 5.41) is 3.08. The maximum absolute atomic E-state index is 6.55. The summed E-state index contributed by atoms with van der Waals surface area (Å²) in [6, 6.07) is 20.8. The first-order chi connectivity index (χ1) is 10.8. The Morgan fingerprint density at radius 2 is 1.68 bits per heavy atom. The van der Waals surface area contributed by atoms with Crippen LogP contribution in [0.15, 0.2) is 60.7 Å². The van der Waals surface area contributed by atoms with E-state index < -0.39 is 0 Å². The molecule has 0 amide bonds. The van der Waals surface area contributed by atoms with Crippen molar-refractivity contribution in [3.8, 4) is 16.9 Å². The molecule has 0 radical (unpaired) electrons. The number of hydrogen-bond acceptors (Lipinski definition) is 2. The van der Waals surface area contributed by atoms with Crippen molar-refractivity contribution in [3.05, 3.63) is 65.7 Å². The Kier molecular flexibility index (Phi) is 3.29. The first kappa shape index (κ1) is 13.6. The van der Waals surface area contributed by atoms with Crippen LogP contribution >= 0.6 is 22.9 Å². The highest BCUT2D eigenvalue weighted by atomic mass is 35.5. The summed E-state index contributed by atoms with van der Waals surface area (Å²) in [4.78, 5) is 0. The summed E-state index contributed by atoms with van der Waals surface area (Å²) in [6.45, 7) is 0. The second-order valence-corrected chi connectivity index (χ2v) is 6.62. The lowest BCUT2D eigenvalue weighted by atomic mass is 9.99. The van der Waals surface area contributed by atoms with Crippen molar-refractivity contribution in [1.82, 2.24) is 0 Å². The third kappa shape index (κ3) is 2.07. The third-order valence-corrected chi connectivity index (χ3v) is 5.24. The molecular formula is C19H13ClOS. The molecule has 0 aliphatic heterocycles. The van der Waals surface area contributed by atoms with Gasteiger partial charge in [0, 0.05) is 20.2 Å². The van der Waals surface area contributed by atoms with E-state index in [-0.39, 0.29) is 0 Å². The first-order valence-electron chi connectivity index (χ1n) is 7.02. The van der Waals surface area contributed by atoms with Gasteiger partial charge in [-0.15, -0.1) is 11.3 Å². The highest BCUT2D eigenvalue weighted by molar-refractivity contribution is 7.26. The summed E-state index contributed by atoms with van der Waals surface area (Å²) in [7, 11) is 1.67. The fourth-order valence-electron chi connectivity index (χ4n) is 2.85. The molecule has 3 aromatic carbocycles. The lowest BCUT2D eigenvalue weighted by molar-refractivity contribution is 0.415. The molecule has 0 fully saturated rings. The molecule has 3 heteroatoms. The Morgan fingerprint density at radius 1 is 0.864 bits per heavy atom. The number of rotatable bonds is 2. The van der Waals surface area contributed by atoms with Crippen LogP contribution in [0.1, 0.15) is 0 Å². The third-order valence-electron chi connectivity index (χ3n) is 3.84. The molecule has 0 unspecified atom stereocenters. The molecule has 4 aromatic rings. The summed E-state index contributed by atoms with van der Waals surface area (Å²) in [6.07, 6.45) is 0. The average Bonchev–Trinajstić information content (AvgIpc) is 2.94. The van der Waals surface area contributed by atoms with Gasteiger partial charge in [0.1, 0.15) is 5.75 Å². The van der Waals surface area contributed by atoms with Gasteiger partial charge in [-0.2, -0.15) is 0 Å². The zero-order chi connectivity index (χ0) is 15.1. The monoisotopic (exact) mass is 324 g/mol.